The van der Waals surface area contributed by atoms with Crippen LogP contribution in [0.2, 0.25) is 0 Å². The topological polar surface area (TPSA) is 136 Å². The molecule has 0 radical (unpaired) electrons. The van der Waals surface area contributed by atoms with Crippen LogP contribution in [0.25, 0.3) is 5.57 Å². The van der Waals surface area contributed by atoms with E-state index in [1.165, 1.54) is 16.5 Å². The molecule has 0 aliphatic heterocycles. The zero-order chi connectivity index (χ0) is 25.9. The highest BCUT2D eigenvalue weighted by molar-refractivity contribution is 7.16. The Morgan fingerprint density at radius 1 is 1.19 bits per heavy atom. The number of fused-ring (bicyclic) bond motifs is 7. The molecule has 37 heavy (non-hydrogen) atoms. The van der Waals surface area contributed by atoms with Gasteiger partial charge >= 0.3 is 6.03 Å². The zero-order valence-electron chi connectivity index (χ0n) is 21.1. The highest BCUT2D eigenvalue weighted by Crippen LogP contribution is 2.65. The molecule has 5 atom stereocenters. The average Bonchev–Trinajstić information content (AvgIpc) is 3.42. The van der Waals surface area contributed by atoms with Gasteiger partial charge in [0.15, 0.2) is 5.13 Å². The first-order chi connectivity index (χ1) is 17.7. The molecule has 6 rings (SSSR count). The Morgan fingerprint density at radius 3 is 2.76 bits per heavy atom. The van der Waals surface area contributed by atoms with Gasteiger partial charge in [0.25, 0.3) is 5.69 Å². The van der Waals surface area contributed by atoms with E-state index in [-0.39, 0.29) is 21.4 Å². The molecule has 4 N–H and O–H groups in total. The van der Waals surface area contributed by atoms with Crippen LogP contribution >= 0.6 is 11.3 Å². The van der Waals surface area contributed by atoms with Crippen molar-refractivity contribution in [2.24, 2.45) is 39.4 Å². The number of para-hydroxylation sites is 2. The summed E-state index contributed by atoms with van der Waals surface area (Å²) < 4.78 is 0. The number of amides is 2. The van der Waals surface area contributed by atoms with Gasteiger partial charge in [-0.1, -0.05) is 43.4 Å². The van der Waals surface area contributed by atoms with Gasteiger partial charge in [0, 0.05) is 17.2 Å². The van der Waals surface area contributed by atoms with E-state index in [0.717, 1.165) is 56.4 Å². The molecule has 1 aromatic carbocycles. The van der Waals surface area contributed by atoms with Crippen molar-refractivity contribution >= 4 is 45.2 Å². The number of thiazole rings is 1. The Balaban J connectivity index is 1.29. The van der Waals surface area contributed by atoms with E-state index in [2.05, 4.69) is 35.8 Å². The van der Waals surface area contributed by atoms with Crippen LogP contribution in [0.1, 0.15) is 62.9 Å². The lowest BCUT2D eigenvalue weighted by Gasteiger charge is -2.56. The summed E-state index contributed by atoms with van der Waals surface area (Å²) in [5.41, 5.74) is 12.0. The summed E-state index contributed by atoms with van der Waals surface area (Å²) in [6, 6.07) is 6.10. The van der Waals surface area contributed by atoms with Crippen LogP contribution in [0.3, 0.4) is 0 Å². The van der Waals surface area contributed by atoms with E-state index in [4.69, 9.17) is 10.7 Å². The summed E-state index contributed by atoms with van der Waals surface area (Å²) in [7, 11) is 0. The van der Waals surface area contributed by atoms with E-state index in [0.29, 0.717) is 28.6 Å². The fourth-order valence-electron chi connectivity index (χ4n) is 7.88. The Hall–Kier alpha value is -3.27. The fraction of sp³-hybridized carbons (Fsp3) is 0.519. The molecule has 1 aromatic heterocycles. The number of hydrogen-bond acceptors (Lipinski definition) is 7. The predicted octanol–water partition coefficient (Wildman–Crippen LogP) is 6.00. The van der Waals surface area contributed by atoms with Crippen molar-refractivity contribution in [3.05, 3.63) is 51.0 Å². The largest absolute Gasteiger partial charge is 0.350 e. The van der Waals surface area contributed by atoms with E-state index >= 15 is 0 Å². The highest BCUT2D eigenvalue weighted by atomic mass is 32.1. The molecule has 2 fully saturated rings. The van der Waals surface area contributed by atoms with Crippen LogP contribution in [-0.2, 0) is 6.42 Å². The van der Waals surface area contributed by atoms with E-state index in [1.807, 2.05) is 0 Å². The Bertz CT molecular complexity index is 1350. The van der Waals surface area contributed by atoms with E-state index in [1.54, 1.807) is 29.5 Å². The number of benzene rings is 1. The van der Waals surface area contributed by atoms with Crippen molar-refractivity contribution in [3.8, 4) is 0 Å². The van der Waals surface area contributed by atoms with E-state index in [9.17, 15) is 14.9 Å². The number of nitrogens with zero attached hydrogens (tertiary/aromatic N) is 3. The second-order valence-electron chi connectivity index (χ2n) is 11.4. The number of aromatic nitrogens is 1. The molecule has 0 bridgehead atoms. The lowest BCUT2D eigenvalue weighted by Crippen LogP contribution is -2.49. The molecule has 2 amide bonds. The van der Waals surface area contributed by atoms with Crippen molar-refractivity contribution in [1.82, 2.24) is 10.4 Å². The number of rotatable bonds is 4. The molecular weight excluding hydrogens is 488 g/mol. The Kier molecular flexibility index (Phi) is 5.63. The number of nitrogens with two attached hydrogens (primary N) is 1. The number of urea groups is 1. The minimum Gasteiger partial charge on any atom is -0.350 e. The Morgan fingerprint density at radius 2 is 1.97 bits per heavy atom. The molecule has 2 saturated carbocycles. The van der Waals surface area contributed by atoms with Gasteiger partial charge in [0.1, 0.15) is 5.69 Å². The van der Waals surface area contributed by atoms with Crippen LogP contribution in [0.4, 0.5) is 21.3 Å². The second-order valence-corrected chi connectivity index (χ2v) is 12.4. The number of carbonyl (C=O) groups is 1. The molecule has 0 unspecified atom stereocenters. The first-order valence-corrected chi connectivity index (χ1v) is 13.9. The molecule has 0 spiro atoms. The van der Waals surface area contributed by atoms with Gasteiger partial charge in [-0.3, -0.25) is 10.1 Å². The number of aryl methyl sites for hydroxylation is 1. The lowest BCUT2D eigenvalue weighted by molar-refractivity contribution is -0.383. The zero-order valence-corrected chi connectivity index (χ0v) is 21.9. The van der Waals surface area contributed by atoms with Gasteiger partial charge in [0.05, 0.1) is 15.5 Å². The smallest absolute Gasteiger partial charge is 0.332 e. The van der Waals surface area contributed by atoms with Crippen molar-refractivity contribution in [2.75, 3.05) is 5.32 Å². The van der Waals surface area contributed by atoms with Crippen LogP contribution in [0.5, 0.6) is 0 Å². The van der Waals surface area contributed by atoms with Crippen molar-refractivity contribution in [3.63, 3.8) is 0 Å². The number of allylic oxidation sites excluding steroid dienone is 2. The number of nitro benzene ring substituents is 1. The molecule has 2 aromatic rings. The summed E-state index contributed by atoms with van der Waals surface area (Å²) in [5, 5.41) is 19.8. The maximum Gasteiger partial charge on any atom is 0.332 e. The fourth-order valence-corrected chi connectivity index (χ4v) is 9.08. The number of hydrogen-bond donors (Lipinski definition) is 3. The monoisotopic (exact) mass is 520 g/mol. The van der Waals surface area contributed by atoms with Gasteiger partial charge in [-0.05, 0) is 79.8 Å². The number of nitro groups is 1. The second kappa shape index (κ2) is 8.65. The molecular formula is C27H32N6O3S. The predicted molar refractivity (Wildman–Crippen MR) is 145 cm³/mol. The minimum absolute atomic E-state index is 0.0110. The first-order valence-electron chi connectivity index (χ1n) is 13.0. The molecule has 4 aliphatic rings. The first kappa shape index (κ1) is 24.1. The van der Waals surface area contributed by atoms with Gasteiger partial charge in [-0.15, -0.1) is 0 Å². The van der Waals surface area contributed by atoms with Crippen LogP contribution in [-0.4, -0.2) is 21.7 Å². The molecule has 1 heterocycles. The number of primary amides is 1. The van der Waals surface area contributed by atoms with Gasteiger partial charge in [-0.2, -0.15) is 5.10 Å². The SMILES string of the molecule is C[C@]12CCc3nc(Nc4ccccc4[N+](=O)[O-])sc3C1=CC[C@@H]1[C@@H]2CC[C@]2(C)/C(=N/NC(N)=O)CC[C@@H]12. The summed E-state index contributed by atoms with van der Waals surface area (Å²) >= 11 is 1.62. The van der Waals surface area contributed by atoms with Crippen LogP contribution in [0.15, 0.2) is 35.4 Å². The van der Waals surface area contributed by atoms with E-state index < -0.39 is 6.03 Å². The molecule has 4 aliphatic carbocycles. The summed E-state index contributed by atoms with van der Waals surface area (Å²) in [4.78, 5) is 28.5. The minimum atomic E-state index is -0.607. The number of nitrogens with one attached hydrogen (secondary N) is 2. The van der Waals surface area contributed by atoms with Crippen LogP contribution in [0, 0.1) is 38.7 Å². The average molecular weight is 521 g/mol. The third-order valence-corrected chi connectivity index (χ3v) is 10.7. The van der Waals surface area contributed by atoms with Crippen molar-refractivity contribution < 1.29 is 9.72 Å². The summed E-state index contributed by atoms with van der Waals surface area (Å²) in [6.07, 6.45) is 9.69. The summed E-state index contributed by atoms with van der Waals surface area (Å²) in [6.45, 7) is 4.77. The molecule has 194 valence electrons. The Labute approximate surface area is 219 Å². The number of carbonyl (C=O) groups excluding carboxylic acids is 1. The normalized spacial score (nSPS) is 33.0. The van der Waals surface area contributed by atoms with Crippen molar-refractivity contribution in [1.29, 1.82) is 0 Å². The maximum atomic E-state index is 11.5. The highest BCUT2D eigenvalue weighted by Gasteiger charge is 2.58. The quantitative estimate of drug-likeness (QED) is 0.335. The van der Waals surface area contributed by atoms with Gasteiger partial charge in [-0.25, -0.2) is 15.2 Å². The third-order valence-electron chi connectivity index (χ3n) is 9.67. The van der Waals surface area contributed by atoms with Gasteiger partial charge < -0.3 is 11.1 Å². The standard InChI is InChI=1S/C27H32N6O3S/c1-26-14-12-20-23(37-25(30-20)29-19-5-3-4-6-21(19)33(35)36)18(26)8-7-15-16-9-10-22(31-32-24(28)34)27(16,2)13-11-17(15)26/h3-6,8,15-17H,7,9-14H2,1-2H3,(H,29,30)(H3,28,32,34)/b31-22+/t15-,16-,17-,26+,27-/m0/s1. The van der Waals surface area contributed by atoms with Crippen LogP contribution < -0.4 is 16.5 Å². The number of hydrazone groups is 1. The number of anilines is 2. The third kappa shape index (κ3) is 3.75. The molecule has 0 saturated heterocycles. The molecule has 9 nitrogen and oxygen atoms in total. The van der Waals surface area contributed by atoms with Crippen molar-refractivity contribution in [2.45, 2.75) is 58.8 Å². The van der Waals surface area contributed by atoms with Gasteiger partial charge in [0.2, 0.25) is 0 Å². The lowest BCUT2D eigenvalue weighted by atomic mass is 9.48. The molecule has 10 heteroatoms. The summed E-state index contributed by atoms with van der Waals surface area (Å²) in [5.74, 6) is 1.73. The maximum absolute atomic E-state index is 11.5.